The van der Waals surface area contributed by atoms with E-state index in [0.29, 0.717) is 6.10 Å². The molecule has 1 aromatic rings. The Morgan fingerprint density at radius 3 is 1.72 bits per heavy atom. The fourth-order valence-electron chi connectivity index (χ4n) is 4.99. The summed E-state index contributed by atoms with van der Waals surface area (Å²) in [6, 6.07) is 14.7. The van der Waals surface area contributed by atoms with Crippen molar-refractivity contribution >= 4 is 26.7 Å². The Balaban J connectivity index is 3.14. The van der Waals surface area contributed by atoms with Crippen molar-refractivity contribution in [2.24, 2.45) is 0 Å². The van der Waals surface area contributed by atoms with Crippen LogP contribution in [0.25, 0.3) is 0 Å². The molecule has 0 fully saturated rings. The third kappa shape index (κ3) is 10.9. The fourth-order valence-corrected chi connectivity index (χ4v) is 22.2. The predicted octanol–water partition coefficient (Wildman–Crippen LogP) is 9.95. The van der Waals surface area contributed by atoms with Crippen LogP contribution in [0.15, 0.2) is 40.5 Å². The van der Waals surface area contributed by atoms with Crippen molar-refractivity contribution in [1.82, 2.24) is 0 Å². The quantitative estimate of drug-likeness (QED) is 0.152. The summed E-state index contributed by atoms with van der Waals surface area (Å²) in [5, 5.41) is 0. The van der Waals surface area contributed by atoms with Gasteiger partial charge in [-0.1, -0.05) is 0 Å². The van der Waals surface area contributed by atoms with Crippen molar-refractivity contribution in [2.45, 2.75) is 130 Å². The van der Waals surface area contributed by atoms with Crippen LogP contribution in [0.2, 0.25) is 31.4 Å². The maximum absolute atomic E-state index is 7.10. The van der Waals surface area contributed by atoms with Gasteiger partial charge in [-0.15, -0.1) is 0 Å². The molecule has 0 heterocycles. The summed E-state index contributed by atoms with van der Waals surface area (Å²) in [6.07, 6.45) is 13.5. The zero-order valence-electron chi connectivity index (χ0n) is 22.4. The molecule has 1 atom stereocenters. The third-order valence-electron chi connectivity index (χ3n) is 7.64. The molecule has 32 heavy (non-hydrogen) atoms. The molecule has 0 spiro atoms. The maximum atomic E-state index is 7.10. The Labute approximate surface area is 206 Å². The second kappa shape index (κ2) is 17.4. The van der Waals surface area contributed by atoms with E-state index in [4.69, 9.17) is 4.43 Å². The average Bonchev–Trinajstić information content (AvgIpc) is 2.85. The summed E-state index contributed by atoms with van der Waals surface area (Å²) in [7, 11) is -1.62. The fraction of sp³-hybridized carbons (Fsp3) is 0.724. The molecule has 0 unspecified atom stereocenters. The van der Waals surface area contributed by atoms with Crippen molar-refractivity contribution < 1.29 is 4.43 Å². The van der Waals surface area contributed by atoms with Crippen LogP contribution in [0.4, 0.5) is 0 Å². The SMILES string of the molecule is CCC[CH2][Sn](/[CH]=C/[C@H](CCc1ccccc1)O[Si](CC)(CC)CC)([CH2]CCC)[CH2]CCC. The molecule has 3 heteroatoms. The van der Waals surface area contributed by atoms with Gasteiger partial charge >= 0.3 is 208 Å². The van der Waals surface area contributed by atoms with E-state index in [1.54, 1.807) is 13.3 Å². The minimum absolute atomic E-state index is 0.308. The standard InChI is InChI=1S/C17H27OSi.3C4H9.Sn/c1-5-17(18-19(6-2,7-3)8-4)15-14-16-12-10-9-11-13-16;3*1-3-4-2;/h1,5,9-13,17H,6-8,14-15H2,2-4H3;3*1,3-4H2,2H3;/t17-;;;;/m1..../s1. The first kappa shape index (κ1) is 30.0. The summed E-state index contributed by atoms with van der Waals surface area (Å²) in [4.78, 5) is 0. The third-order valence-corrected chi connectivity index (χ3v) is 26.4. The Morgan fingerprint density at radius 2 is 1.28 bits per heavy atom. The summed E-state index contributed by atoms with van der Waals surface area (Å²) in [5.74, 6) is 0. The normalized spacial score (nSPS) is 13.7. The molecule has 0 amide bonds. The molecule has 0 N–H and O–H groups in total. The first-order valence-corrected chi connectivity index (χ1v) is 24.2. The molecule has 0 saturated heterocycles. The Kier molecular flexibility index (Phi) is 16.3. The van der Waals surface area contributed by atoms with E-state index in [0.717, 1.165) is 12.8 Å². The van der Waals surface area contributed by atoms with Crippen LogP contribution >= 0.6 is 0 Å². The minimum atomic E-state index is -2.28. The van der Waals surface area contributed by atoms with Gasteiger partial charge in [-0.2, -0.15) is 0 Å². The molecule has 0 aliphatic rings. The van der Waals surface area contributed by atoms with Crippen LogP contribution < -0.4 is 0 Å². The van der Waals surface area contributed by atoms with Gasteiger partial charge in [0.2, 0.25) is 0 Å². The van der Waals surface area contributed by atoms with Crippen molar-refractivity contribution in [3.8, 4) is 0 Å². The molecule has 0 saturated carbocycles. The van der Waals surface area contributed by atoms with Crippen LogP contribution in [0.3, 0.4) is 0 Å². The molecule has 0 radical (unpaired) electrons. The van der Waals surface area contributed by atoms with Gasteiger partial charge in [-0.05, 0) is 0 Å². The molecular formula is C29H54OSiSn. The molecule has 184 valence electrons. The molecule has 1 aromatic carbocycles. The van der Waals surface area contributed by atoms with E-state index in [-0.39, 0.29) is 0 Å². The van der Waals surface area contributed by atoms with Crippen LogP contribution in [0, 0.1) is 0 Å². The second-order valence-corrected chi connectivity index (χ2v) is 27.7. The molecule has 0 aliphatic heterocycles. The molecule has 0 aliphatic carbocycles. The zero-order chi connectivity index (χ0) is 23.7. The Morgan fingerprint density at radius 1 is 0.781 bits per heavy atom. The van der Waals surface area contributed by atoms with E-state index < -0.39 is 26.7 Å². The van der Waals surface area contributed by atoms with Gasteiger partial charge in [0, 0.05) is 0 Å². The zero-order valence-corrected chi connectivity index (χ0v) is 26.3. The second-order valence-electron chi connectivity index (χ2n) is 9.96. The van der Waals surface area contributed by atoms with Gasteiger partial charge in [0.15, 0.2) is 0 Å². The van der Waals surface area contributed by atoms with Crippen molar-refractivity contribution in [3.63, 3.8) is 0 Å². The Hall–Kier alpha value is -0.0644. The van der Waals surface area contributed by atoms with Crippen molar-refractivity contribution in [2.75, 3.05) is 0 Å². The summed E-state index contributed by atoms with van der Waals surface area (Å²) in [5.41, 5.74) is 1.45. The van der Waals surface area contributed by atoms with Gasteiger partial charge in [0.05, 0.1) is 0 Å². The van der Waals surface area contributed by atoms with Gasteiger partial charge < -0.3 is 0 Å². The van der Waals surface area contributed by atoms with E-state index in [2.05, 4.69) is 82.0 Å². The number of hydrogen-bond donors (Lipinski definition) is 0. The first-order valence-electron chi connectivity index (χ1n) is 13.9. The first-order chi connectivity index (χ1) is 15.5. The van der Waals surface area contributed by atoms with Crippen molar-refractivity contribution in [3.05, 3.63) is 46.1 Å². The van der Waals surface area contributed by atoms with Crippen LogP contribution in [0.5, 0.6) is 0 Å². The van der Waals surface area contributed by atoms with E-state index in [1.165, 1.54) is 62.2 Å². The summed E-state index contributed by atoms with van der Waals surface area (Å²) >= 11 is -2.28. The van der Waals surface area contributed by atoms with E-state index >= 15 is 0 Å². The molecule has 1 nitrogen and oxygen atoms in total. The van der Waals surface area contributed by atoms with Crippen LogP contribution in [0.1, 0.15) is 92.1 Å². The number of unbranched alkanes of at least 4 members (excludes halogenated alkanes) is 3. The number of benzene rings is 1. The number of aryl methyl sites for hydroxylation is 1. The molecule has 1 rings (SSSR count). The summed E-state index contributed by atoms with van der Waals surface area (Å²) in [6.45, 7) is 14.2. The number of rotatable bonds is 19. The van der Waals surface area contributed by atoms with E-state index in [9.17, 15) is 0 Å². The van der Waals surface area contributed by atoms with Gasteiger partial charge in [0.25, 0.3) is 0 Å². The Bertz CT molecular complexity index is 566. The average molecular weight is 566 g/mol. The van der Waals surface area contributed by atoms with Crippen molar-refractivity contribution in [1.29, 1.82) is 0 Å². The van der Waals surface area contributed by atoms with Gasteiger partial charge in [-0.3, -0.25) is 0 Å². The van der Waals surface area contributed by atoms with E-state index in [1.807, 2.05) is 0 Å². The predicted molar refractivity (Wildman–Crippen MR) is 151 cm³/mol. The summed E-state index contributed by atoms with van der Waals surface area (Å²) < 4.78 is 14.6. The van der Waals surface area contributed by atoms with Gasteiger partial charge in [0.1, 0.15) is 0 Å². The topological polar surface area (TPSA) is 9.23 Å². The monoisotopic (exact) mass is 566 g/mol. The van der Waals surface area contributed by atoms with Crippen LogP contribution in [-0.4, -0.2) is 32.8 Å². The number of hydrogen-bond acceptors (Lipinski definition) is 1. The molecule has 0 aromatic heterocycles. The van der Waals surface area contributed by atoms with Crippen LogP contribution in [-0.2, 0) is 10.8 Å². The van der Waals surface area contributed by atoms with Gasteiger partial charge in [-0.25, -0.2) is 0 Å². The molecule has 0 bridgehead atoms. The molecular weight excluding hydrogens is 511 g/mol.